The molecule has 0 saturated carbocycles. The van der Waals surface area contributed by atoms with Crippen molar-refractivity contribution in [3.8, 4) is 0 Å². The Balaban J connectivity index is 4.06. The first kappa shape index (κ1) is 50.7. The molecule has 0 spiro atoms. The van der Waals surface area contributed by atoms with Gasteiger partial charge in [0.15, 0.2) is 0 Å². The van der Waals surface area contributed by atoms with Crippen molar-refractivity contribution in [3.63, 3.8) is 0 Å². The second-order valence-electron chi connectivity index (χ2n) is 16.5. The van der Waals surface area contributed by atoms with E-state index in [4.69, 9.17) is 14.2 Å². The smallest absolute Gasteiger partial charge is 0.465 e. The van der Waals surface area contributed by atoms with Gasteiger partial charge in [-0.05, 0) is 69.4 Å². The number of nitrogens with zero attached hydrogens (tertiary/aromatic N) is 1. The molecule has 0 aromatic carbocycles. The van der Waals surface area contributed by atoms with Crippen molar-refractivity contribution in [2.75, 3.05) is 46.1 Å². The number of aliphatic hydroxyl groups is 1. The molecule has 0 aliphatic rings. The zero-order valence-electron chi connectivity index (χ0n) is 35.5. The van der Waals surface area contributed by atoms with Crippen LogP contribution in [0.15, 0.2) is 0 Å². The van der Waals surface area contributed by atoms with Gasteiger partial charge in [-0.3, -0.25) is 4.79 Å². The fourth-order valence-corrected chi connectivity index (χ4v) is 7.04. The lowest BCUT2D eigenvalue weighted by molar-refractivity contribution is -0.148. The van der Waals surface area contributed by atoms with E-state index in [1.54, 1.807) is 0 Å². The van der Waals surface area contributed by atoms with Crippen molar-refractivity contribution in [2.24, 2.45) is 11.3 Å². The summed E-state index contributed by atoms with van der Waals surface area (Å²) in [4.78, 5) is 27.0. The van der Waals surface area contributed by atoms with Crippen LogP contribution in [-0.2, 0) is 19.0 Å². The fraction of sp³-hybridized carbons (Fsp3) is 0.956. The minimum Gasteiger partial charge on any atom is -0.465 e. The number of esters is 1. The lowest BCUT2D eigenvalue weighted by atomic mass is 9.87. The molecule has 0 saturated heterocycles. The fourth-order valence-electron chi connectivity index (χ4n) is 7.04. The number of hydrogen-bond donors (Lipinski definition) is 1. The molecule has 0 radical (unpaired) electrons. The molecule has 0 aliphatic heterocycles. The molecule has 0 heterocycles. The van der Waals surface area contributed by atoms with Gasteiger partial charge in [-0.25, -0.2) is 4.79 Å². The van der Waals surface area contributed by atoms with Gasteiger partial charge in [0.1, 0.15) is 0 Å². The molecule has 1 N–H and O–H groups in total. The summed E-state index contributed by atoms with van der Waals surface area (Å²) in [6.45, 7) is 15.6. The van der Waals surface area contributed by atoms with Crippen molar-refractivity contribution in [3.05, 3.63) is 0 Å². The lowest BCUT2D eigenvalue weighted by Crippen LogP contribution is -2.29. The number of ether oxygens (including phenoxy) is 3. The average molecular weight is 740 g/mol. The van der Waals surface area contributed by atoms with Crippen molar-refractivity contribution >= 4 is 12.1 Å². The minimum atomic E-state index is -0.525. The molecular weight excluding hydrogens is 650 g/mol. The SMILES string of the molecule is CCCCCCCCCOC(=O)OCCCCCCCN(CCO)CCCCCC(C)(C)COC(=O)CC(CCCCCCC)CCCCCCC. The maximum absolute atomic E-state index is 12.9. The van der Waals surface area contributed by atoms with Crippen LogP contribution in [0.5, 0.6) is 0 Å². The maximum atomic E-state index is 12.9. The molecule has 0 amide bonds. The van der Waals surface area contributed by atoms with Gasteiger partial charge in [0.25, 0.3) is 0 Å². The number of aliphatic hydroxyl groups excluding tert-OH is 1. The van der Waals surface area contributed by atoms with Crippen molar-refractivity contribution in [1.82, 2.24) is 4.90 Å². The van der Waals surface area contributed by atoms with Crippen LogP contribution in [0.1, 0.15) is 221 Å². The van der Waals surface area contributed by atoms with Crippen LogP contribution < -0.4 is 0 Å². The highest BCUT2D eigenvalue weighted by Gasteiger charge is 2.22. The summed E-state index contributed by atoms with van der Waals surface area (Å²) in [7, 11) is 0. The largest absolute Gasteiger partial charge is 0.508 e. The summed E-state index contributed by atoms with van der Waals surface area (Å²) in [6.07, 6.45) is 33.5. The number of rotatable bonds is 40. The number of hydrogen-bond acceptors (Lipinski definition) is 7. The van der Waals surface area contributed by atoms with Crippen LogP contribution in [0.4, 0.5) is 4.79 Å². The first-order valence-corrected chi connectivity index (χ1v) is 22.6. The predicted octanol–water partition coefficient (Wildman–Crippen LogP) is 13.0. The van der Waals surface area contributed by atoms with Gasteiger partial charge >= 0.3 is 12.1 Å². The van der Waals surface area contributed by atoms with Gasteiger partial charge in [0.2, 0.25) is 0 Å². The number of carbonyl (C=O) groups is 2. The second-order valence-corrected chi connectivity index (χ2v) is 16.5. The average Bonchev–Trinajstić information content (AvgIpc) is 3.12. The molecule has 0 unspecified atom stereocenters. The summed E-state index contributed by atoms with van der Waals surface area (Å²) < 4.78 is 16.3. The third-order valence-corrected chi connectivity index (χ3v) is 10.6. The molecule has 0 atom stereocenters. The molecular formula is C45H89NO6. The van der Waals surface area contributed by atoms with E-state index in [9.17, 15) is 14.7 Å². The van der Waals surface area contributed by atoms with E-state index in [1.165, 1.54) is 96.3 Å². The van der Waals surface area contributed by atoms with E-state index in [-0.39, 0.29) is 18.0 Å². The van der Waals surface area contributed by atoms with Gasteiger partial charge < -0.3 is 24.2 Å². The Morgan fingerprint density at radius 1 is 0.538 bits per heavy atom. The monoisotopic (exact) mass is 740 g/mol. The van der Waals surface area contributed by atoms with Crippen LogP contribution in [0.3, 0.4) is 0 Å². The third kappa shape index (κ3) is 35.7. The van der Waals surface area contributed by atoms with E-state index in [2.05, 4.69) is 39.5 Å². The Bertz CT molecular complexity index is 761. The molecule has 0 rings (SSSR count). The lowest BCUT2D eigenvalue weighted by Gasteiger charge is -2.25. The van der Waals surface area contributed by atoms with Gasteiger partial charge in [-0.2, -0.15) is 0 Å². The number of unbranched alkanes of at least 4 members (excludes halogenated alkanes) is 20. The van der Waals surface area contributed by atoms with Crippen molar-refractivity contribution in [1.29, 1.82) is 0 Å². The van der Waals surface area contributed by atoms with E-state index < -0.39 is 6.16 Å². The van der Waals surface area contributed by atoms with Crippen molar-refractivity contribution < 1.29 is 28.9 Å². The molecule has 0 bridgehead atoms. The van der Waals surface area contributed by atoms with Crippen LogP contribution in [0.2, 0.25) is 0 Å². The Morgan fingerprint density at radius 3 is 1.44 bits per heavy atom. The molecule has 52 heavy (non-hydrogen) atoms. The zero-order valence-corrected chi connectivity index (χ0v) is 35.5. The van der Waals surface area contributed by atoms with E-state index in [1.807, 2.05) is 0 Å². The normalized spacial score (nSPS) is 11.8. The van der Waals surface area contributed by atoms with Crippen LogP contribution in [-0.4, -0.2) is 68.2 Å². The van der Waals surface area contributed by atoms with Crippen LogP contribution >= 0.6 is 0 Å². The maximum Gasteiger partial charge on any atom is 0.508 e. The summed E-state index contributed by atoms with van der Waals surface area (Å²) in [5, 5.41) is 9.58. The molecule has 0 aromatic rings. The predicted molar refractivity (Wildman–Crippen MR) is 220 cm³/mol. The van der Waals surface area contributed by atoms with E-state index in [0.717, 1.165) is 103 Å². The summed E-state index contributed by atoms with van der Waals surface area (Å²) >= 11 is 0. The van der Waals surface area contributed by atoms with Gasteiger partial charge in [-0.1, -0.05) is 169 Å². The molecule has 0 aliphatic carbocycles. The van der Waals surface area contributed by atoms with Crippen molar-refractivity contribution in [2.45, 2.75) is 221 Å². The standard InChI is InChI=1S/C45H89NO6/c1-6-9-12-15-16-21-29-38-50-44(49)51-39-30-22-17-20-27-34-46(36-37-47)35-28-23-26-33-45(4,5)41-52-43(48)40-42(31-24-18-13-10-7-2)32-25-19-14-11-8-3/h42,47H,6-41H2,1-5H3. The van der Waals surface area contributed by atoms with Crippen LogP contribution in [0.25, 0.3) is 0 Å². The molecule has 0 aromatic heterocycles. The highest BCUT2D eigenvalue weighted by Crippen LogP contribution is 2.26. The third-order valence-electron chi connectivity index (χ3n) is 10.6. The summed E-state index contributed by atoms with van der Waals surface area (Å²) in [5.74, 6) is 0.476. The Morgan fingerprint density at radius 2 is 0.962 bits per heavy atom. The van der Waals surface area contributed by atoms with Gasteiger partial charge in [0, 0.05) is 13.0 Å². The second kappa shape index (κ2) is 38.0. The highest BCUT2D eigenvalue weighted by molar-refractivity contribution is 5.69. The molecule has 0 fully saturated rings. The Labute approximate surface area is 323 Å². The van der Waals surface area contributed by atoms with E-state index >= 15 is 0 Å². The first-order valence-electron chi connectivity index (χ1n) is 22.6. The van der Waals surface area contributed by atoms with E-state index in [0.29, 0.717) is 32.2 Å². The topological polar surface area (TPSA) is 85.3 Å². The number of carbonyl (C=O) groups excluding carboxylic acids is 2. The highest BCUT2D eigenvalue weighted by atomic mass is 16.7. The van der Waals surface area contributed by atoms with Gasteiger partial charge in [-0.15, -0.1) is 0 Å². The zero-order chi connectivity index (χ0) is 38.4. The quantitative estimate of drug-likeness (QED) is 0.0494. The molecule has 310 valence electrons. The minimum absolute atomic E-state index is 0.00205. The Kier molecular flexibility index (Phi) is 37.0. The Hall–Kier alpha value is -1.34. The first-order chi connectivity index (χ1) is 25.3. The van der Waals surface area contributed by atoms with Gasteiger partial charge in [0.05, 0.1) is 26.4 Å². The molecule has 7 heteroatoms. The summed E-state index contributed by atoms with van der Waals surface area (Å²) in [5.41, 5.74) is -0.00512. The summed E-state index contributed by atoms with van der Waals surface area (Å²) in [6, 6.07) is 0. The molecule has 7 nitrogen and oxygen atoms in total. The van der Waals surface area contributed by atoms with Crippen LogP contribution in [0, 0.1) is 11.3 Å².